The largest absolute Gasteiger partial charge is 0.450 e. The Kier molecular flexibility index (Phi) is 12.8. The number of aliphatic imine (C=N–C) groups is 1. The van der Waals surface area contributed by atoms with Gasteiger partial charge in [0.1, 0.15) is 0 Å². The van der Waals surface area contributed by atoms with E-state index in [1.165, 1.54) is 0 Å². The van der Waals surface area contributed by atoms with Crippen molar-refractivity contribution in [3.63, 3.8) is 0 Å². The Morgan fingerprint density at radius 2 is 1.85 bits per heavy atom. The van der Waals surface area contributed by atoms with Gasteiger partial charge in [-0.2, -0.15) is 0 Å². The van der Waals surface area contributed by atoms with E-state index in [-0.39, 0.29) is 30.1 Å². The second kappa shape index (κ2) is 14.2. The number of guanidine groups is 1. The fraction of sp³-hybridized carbons (Fsp3) is 0.889. The van der Waals surface area contributed by atoms with Crippen LogP contribution in [0.4, 0.5) is 4.79 Å². The van der Waals surface area contributed by atoms with Gasteiger partial charge in [0.2, 0.25) is 0 Å². The molecule has 27 heavy (non-hydrogen) atoms. The van der Waals surface area contributed by atoms with Gasteiger partial charge in [-0.25, -0.2) is 4.79 Å². The van der Waals surface area contributed by atoms with E-state index in [9.17, 15) is 4.79 Å². The van der Waals surface area contributed by atoms with Crippen LogP contribution < -0.4 is 5.32 Å². The van der Waals surface area contributed by atoms with Crippen LogP contribution in [0.15, 0.2) is 4.99 Å². The third-order valence-electron chi connectivity index (χ3n) is 4.76. The van der Waals surface area contributed by atoms with E-state index in [2.05, 4.69) is 15.2 Å². The van der Waals surface area contributed by atoms with Gasteiger partial charge in [0.05, 0.1) is 6.61 Å². The molecule has 8 nitrogen and oxygen atoms in total. The van der Waals surface area contributed by atoms with E-state index in [1.54, 1.807) is 11.9 Å². The van der Waals surface area contributed by atoms with Crippen molar-refractivity contribution in [3.8, 4) is 0 Å². The lowest BCUT2D eigenvalue weighted by atomic mass is 10.0. The molecule has 0 atom stereocenters. The number of nitrogens with zero attached hydrogens (tertiary/aromatic N) is 3. The number of nitrogens with one attached hydrogen (secondary N) is 1. The molecule has 1 N–H and O–H groups in total. The van der Waals surface area contributed by atoms with Crippen molar-refractivity contribution in [3.05, 3.63) is 0 Å². The van der Waals surface area contributed by atoms with E-state index in [1.807, 2.05) is 6.92 Å². The number of carbonyl (C=O) groups excluding carboxylic acids is 1. The minimum atomic E-state index is -0.225. The maximum absolute atomic E-state index is 11.7. The monoisotopic (exact) mass is 498 g/mol. The van der Waals surface area contributed by atoms with Gasteiger partial charge < -0.3 is 29.3 Å². The predicted molar refractivity (Wildman–Crippen MR) is 116 cm³/mol. The number of carbonyl (C=O) groups is 1. The molecule has 0 saturated carbocycles. The molecule has 2 aliphatic heterocycles. The molecule has 0 aliphatic carbocycles. The number of amides is 1. The molecule has 158 valence electrons. The summed E-state index contributed by atoms with van der Waals surface area (Å²) in [5.74, 6) is 1.54. The lowest BCUT2D eigenvalue weighted by Gasteiger charge is -2.35. The maximum atomic E-state index is 11.7. The van der Waals surface area contributed by atoms with Gasteiger partial charge in [0.25, 0.3) is 0 Å². The quantitative estimate of drug-likeness (QED) is 0.250. The average Bonchev–Trinajstić information content (AvgIpc) is 2.69. The number of hydrogen-bond acceptors (Lipinski definition) is 5. The molecule has 0 bridgehead atoms. The normalized spacial score (nSPS) is 18.8. The van der Waals surface area contributed by atoms with E-state index in [0.29, 0.717) is 25.6 Å². The van der Waals surface area contributed by atoms with Gasteiger partial charge in [-0.3, -0.25) is 4.99 Å². The first-order chi connectivity index (χ1) is 12.7. The zero-order chi connectivity index (χ0) is 18.6. The minimum Gasteiger partial charge on any atom is -0.450 e. The summed E-state index contributed by atoms with van der Waals surface area (Å²) in [6, 6.07) is 0. The molecular weight excluding hydrogens is 463 g/mol. The summed E-state index contributed by atoms with van der Waals surface area (Å²) in [6.45, 7) is 9.26. The second-order valence-electron chi connectivity index (χ2n) is 6.63. The highest BCUT2D eigenvalue weighted by Crippen LogP contribution is 2.14. The molecule has 0 aromatic carbocycles. The smallest absolute Gasteiger partial charge is 0.409 e. The van der Waals surface area contributed by atoms with Gasteiger partial charge in [0.15, 0.2) is 5.96 Å². The van der Waals surface area contributed by atoms with Crippen molar-refractivity contribution < 1.29 is 19.0 Å². The maximum Gasteiger partial charge on any atom is 0.409 e. The summed E-state index contributed by atoms with van der Waals surface area (Å²) in [4.78, 5) is 20.0. The van der Waals surface area contributed by atoms with Gasteiger partial charge in [-0.15, -0.1) is 24.0 Å². The van der Waals surface area contributed by atoms with Crippen LogP contribution in [-0.4, -0.2) is 94.7 Å². The molecule has 0 spiro atoms. The second-order valence-corrected chi connectivity index (χ2v) is 6.63. The summed E-state index contributed by atoms with van der Waals surface area (Å²) in [5, 5.41) is 3.39. The van der Waals surface area contributed by atoms with Crippen molar-refractivity contribution in [2.45, 2.75) is 26.2 Å². The third-order valence-corrected chi connectivity index (χ3v) is 4.76. The highest BCUT2D eigenvalue weighted by molar-refractivity contribution is 14.0. The van der Waals surface area contributed by atoms with Crippen molar-refractivity contribution >= 4 is 36.0 Å². The molecule has 9 heteroatoms. The van der Waals surface area contributed by atoms with Gasteiger partial charge in [-0.05, 0) is 32.1 Å². The summed E-state index contributed by atoms with van der Waals surface area (Å²) >= 11 is 0. The minimum absolute atomic E-state index is 0. The van der Waals surface area contributed by atoms with E-state index < -0.39 is 0 Å². The number of hydrogen-bond donors (Lipinski definition) is 1. The topological polar surface area (TPSA) is 75.6 Å². The van der Waals surface area contributed by atoms with E-state index in [4.69, 9.17) is 14.2 Å². The Morgan fingerprint density at radius 3 is 2.48 bits per heavy atom. The van der Waals surface area contributed by atoms with Gasteiger partial charge in [0, 0.05) is 66.2 Å². The lowest BCUT2D eigenvalue weighted by Crippen LogP contribution is -2.54. The molecule has 2 aliphatic rings. The molecule has 0 aromatic heterocycles. The van der Waals surface area contributed by atoms with Crippen LogP contribution in [0.2, 0.25) is 0 Å². The molecular formula is C18H35IN4O4. The van der Waals surface area contributed by atoms with Crippen LogP contribution in [0.25, 0.3) is 0 Å². The first kappa shape index (κ1) is 24.2. The molecule has 2 rings (SSSR count). The van der Waals surface area contributed by atoms with E-state index >= 15 is 0 Å². The summed E-state index contributed by atoms with van der Waals surface area (Å²) in [7, 11) is 1.79. The fourth-order valence-electron chi connectivity index (χ4n) is 3.19. The zero-order valence-electron chi connectivity index (χ0n) is 16.7. The van der Waals surface area contributed by atoms with E-state index in [0.717, 1.165) is 71.3 Å². The van der Waals surface area contributed by atoms with Crippen LogP contribution in [-0.2, 0) is 14.2 Å². The lowest BCUT2D eigenvalue weighted by molar-refractivity contribution is 0.0203. The number of piperazine rings is 1. The summed E-state index contributed by atoms with van der Waals surface area (Å²) in [5.41, 5.74) is 0. The molecule has 1 amide bonds. The molecule has 0 unspecified atom stereocenters. The first-order valence-corrected chi connectivity index (χ1v) is 9.77. The summed E-state index contributed by atoms with van der Waals surface area (Å²) < 4.78 is 16.2. The Labute approximate surface area is 180 Å². The molecule has 2 saturated heterocycles. The Bertz CT molecular complexity index is 439. The summed E-state index contributed by atoms with van der Waals surface area (Å²) in [6.07, 6.45) is 2.95. The average molecular weight is 498 g/mol. The van der Waals surface area contributed by atoms with Crippen molar-refractivity contribution in [1.29, 1.82) is 0 Å². The Balaban J connectivity index is 0.00000364. The molecule has 2 fully saturated rings. The van der Waals surface area contributed by atoms with Crippen LogP contribution >= 0.6 is 24.0 Å². The third kappa shape index (κ3) is 8.82. The SMILES string of the molecule is CCOC(=O)N1CCN(C(=NC)NCCCOCC2CCOCC2)CC1.I. The highest BCUT2D eigenvalue weighted by atomic mass is 127. The van der Waals surface area contributed by atoms with Crippen LogP contribution in [0.1, 0.15) is 26.2 Å². The van der Waals surface area contributed by atoms with Gasteiger partial charge in [-0.1, -0.05) is 0 Å². The zero-order valence-corrected chi connectivity index (χ0v) is 19.0. The van der Waals surface area contributed by atoms with Crippen LogP contribution in [0, 0.1) is 5.92 Å². The Hall–Kier alpha value is -0.810. The predicted octanol–water partition coefficient (Wildman–Crippen LogP) is 1.79. The van der Waals surface area contributed by atoms with Crippen LogP contribution in [0.3, 0.4) is 0 Å². The van der Waals surface area contributed by atoms with Gasteiger partial charge >= 0.3 is 6.09 Å². The molecule has 2 heterocycles. The number of halogens is 1. The van der Waals surface area contributed by atoms with Crippen molar-refractivity contribution in [1.82, 2.24) is 15.1 Å². The molecule has 0 radical (unpaired) electrons. The number of rotatable bonds is 7. The fourth-order valence-corrected chi connectivity index (χ4v) is 3.19. The van der Waals surface area contributed by atoms with Crippen LogP contribution in [0.5, 0.6) is 0 Å². The standard InChI is InChI=1S/C18H34N4O4.HI/c1-3-26-18(23)22-10-8-21(9-11-22)17(19-2)20-7-4-12-25-15-16-5-13-24-14-6-16;/h16H,3-15H2,1-2H3,(H,19,20);1H. The Morgan fingerprint density at radius 1 is 1.19 bits per heavy atom. The highest BCUT2D eigenvalue weighted by Gasteiger charge is 2.23. The van der Waals surface area contributed by atoms with Crippen molar-refractivity contribution in [2.75, 3.05) is 72.8 Å². The first-order valence-electron chi connectivity index (χ1n) is 9.77. The molecule has 0 aromatic rings. The number of ether oxygens (including phenoxy) is 3. The van der Waals surface area contributed by atoms with Crippen molar-refractivity contribution in [2.24, 2.45) is 10.9 Å².